The smallest absolute Gasteiger partial charge is 0.320 e. The van der Waals surface area contributed by atoms with Crippen LogP contribution >= 0.6 is 27.5 Å². The van der Waals surface area contributed by atoms with Gasteiger partial charge in [0.05, 0.1) is 5.02 Å². The maximum Gasteiger partial charge on any atom is 0.320 e. The highest BCUT2D eigenvalue weighted by atomic mass is 79.9. The summed E-state index contributed by atoms with van der Waals surface area (Å²) in [7, 11) is 0. The van der Waals surface area contributed by atoms with E-state index in [2.05, 4.69) is 26.8 Å². The van der Waals surface area contributed by atoms with Crippen LogP contribution in [0.3, 0.4) is 0 Å². The number of rotatable bonds is 4. The van der Waals surface area contributed by atoms with E-state index in [1.165, 1.54) is 13.0 Å². The average molecular weight is 394 g/mol. The van der Waals surface area contributed by atoms with Crippen molar-refractivity contribution >= 4 is 27.5 Å². The van der Waals surface area contributed by atoms with E-state index in [1.807, 2.05) is 0 Å². The lowest BCUT2D eigenvalue weighted by molar-refractivity contribution is 0.0658. The molecule has 8 heteroatoms. The maximum atomic E-state index is 14.1. The number of aromatic nitrogens is 2. The van der Waals surface area contributed by atoms with Gasteiger partial charge in [-0.05, 0) is 35.0 Å². The molecule has 1 aromatic heterocycles. The molecular formula is C14H9BrClF3N2O. The van der Waals surface area contributed by atoms with Gasteiger partial charge in [0.25, 0.3) is 0 Å². The maximum absolute atomic E-state index is 14.1. The second kappa shape index (κ2) is 6.63. The van der Waals surface area contributed by atoms with Gasteiger partial charge in [0.1, 0.15) is 34.3 Å². The summed E-state index contributed by atoms with van der Waals surface area (Å²) < 4.78 is 45.8. The van der Waals surface area contributed by atoms with Crippen LogP contribution in [-0.4, -0.2) is 16.2 Å². The van der Waals surface area contributed by atoms with E-state index < -0.39 is 12.4 Å². The summed E-state index contributed by atoms with van der Waals surface area (Å²) in [6.45, 7) is -1.47. The number of nitrogens with zero attached hydrogens (tertiary/aromatic N) is 2. The summed E-state index contributed by atoms with van der Waals surface area (Å²) in [6, 6.07) is 2.29. The number of alkyl halides is 2. The van der Waals surface area contributed by atoms with Crippen LogP contribution in [0.25, 0.3) is 11.3 Å². The minimum atomic E-state index is -2.80. The standard InChI is InChI=1S/C14H9BrClF3N2O/c1-3-4-22-11-5-8(10(17)6-9(11)16)12-13(15)21(14(18)19)7(2)20-12/h1,5-6,14H,4H2,2H3. The van der Waals surface area contributed by atoms with E-state index >= 15 is 0 Å². The predicted octanol–water partition coefficient (Wildman–Crippen LogP) is 4.82. The van der Waals surface area contributed by atoms with Crippen LogP contribution in [0, 0.1) is 25.1 Å². The first-order valence-electron chi connectivity index (χ1n) is 5.95. The third-order valence-corrected chi connectivity index (χ3v) is 3.87. The number of hydrogen-bond acceptors (Lipinski definition) is 2. The Balaban J connectivity index is 2.58. The van der Waals surface area contributed by atoms with Gasteiger partial charge >= 0.3 is 6.55 Å². The third kappa shape index (κ3) is 3.08. The van der Waals surface area contributed by atoms with Crippen molar-refractivity contribution in [1.82, 2.24) is 9.55 Å². The second-order valence-electron chi connectivity index (χ2n) is 4.20. The Morgan fingerprint density at radius 1 is 1.50 bits per heavy atom. The van der Waals surface area contributed by atoms with Crippen molar-refractivity contribution < 1.29 is 17.9 Å². The van der Waals surface area contributed by atoms with Gasteiger partial charge in [-0.25, -0.2) is 9.37 Å². The van der Waals surface area contributed by atoms with Crippen molar-refractivity contribution in [3.63, 3.8) is 0 Å². The Labute approximate surface area is 138 Å². The Hall–Kier alpha value is -1.65. The third-order valence-electron chi connectivity index (χ3n) is 2.81. The molecule has 0 bridgehead atoms. The molecule has 2 aromatic rings. The molecule has 0 fully saturated rings. The fraction of sp³-hybridized carbons (Fsp3) is 0.214. The Kier molecular flexibility index (Phi) is 5.04. The molecule has 3 nitrogen and oxygen atoms in total. The van der Waals surface area contributed by atoms with Crippen LogP contribution < -0.4 is 4.74 Å². The van der Waals surface area contributed by atoms with E-state index in [-0.39, 0.29) is 39.1 Å². The van der Waals surface area contributed by atoms with Crippen molar-refractivity contribution in [3.8, 4) is 29.4 Å². The number of aryl methyl sites for hydroxylation is 1. The molecule has 0 aliphatic carbocycles. The predicted molar refractivity (Wildman–Crippen MR) is 80.6 cm³/mol. The molecule has 0 spiro atoms. The van der Waals surface area contributed by atoms with Crippen LogP contribution in [0.15, 0.2) is 16.7 Å². The van der Waals surface area contributed by atoms with Gasteiger partial charge in [-0.1, -0.05) is 17.5 Å². The lowest BCUT2D eigenvalue weighted by Crippen LogP contribution is -2.00. The summed E-state index contributed by atoms with van der Waals surface area (Å²) in [5.41, 5.74) is 0.00307. The van der Waals surface area contributed by atoms with Gasteiger partial charge in [-0.15, -0.1) is 6.42 Å². The first-order valence-corrected chi connectivity index (χ1v) is 7.12. The minimum Gasteiger partial charge on any atom is -0.479 e. The number of hydrogen-bond donors (Lipinski definition) is 0. The summed E-state index contributed by atoms with van der Waals surface area (Å²) in [5.74, 6) is 1.73. The molecule has 2 rings (SSSR count). The number of terminal acetylenes is 1. The zero-order valence-electron chi connectivity index (χ0n) is 11.2. The van der Waals surface area contributed by atoms with E-state index in [4.69, 9.17) is 22.8 Å². The van der Waals surface area contributed by atoms with Crippen molar-refractivity contribution in [1.29, 1.82) is 0 Å². The number of ether oxygens (including phenoxy) is 1. The molecule has 0 aliphatic heterocycles. The topological polar surface area (TPSA) is 27.1 Å². The number of benzene rings is 1. The van der Waals surface area contributed by atoms with Crippen LogP contribution in [0.5, 0.6) is 5.75 Å². The normalized spacial score (nSPS) is 10.8. The molecule has 1 heterocycles. The summed E-state index contributed by atoms with van der Waals surface area (Å²) >= 11 is 8.88. The molecule has 116 valence electrons. The van der Waals surface area contributed by atoms with Crippen molar-refractivity contribution in [2.24, 2.45) is 0 Å². The molecule has 0 amide bonds. The lowest BCUT2D eigenvalue weighted by Gasteiger charge is -2.09. The van der Waals surface area contributed by atoms with Crippen molar-refractivity contribution in [2.45, 2.75) is 13.5 Å². The minimum absolute atomic E-state index is 0.0224. The summed E-state index contributed by atoms with van der Waals surface area (Å²) in [5, 5.41) is 0.0256. The fourth-order valence-electron chi connectivity index (χ4n) is 1.86. The zero-order chi connectivity index (χ0) is 16.4. The summed E-state index contributed by atoms with van der Waals surface area (Å²) in [6.07, 6.45) is 5.09. The molecule has 0 saturated carbocycles. The molecule has 22 heavy (non-hydrogen) atoms. The molecule has 0 unspecified atom stereocenters. The number of halogens is 5. The van der Waals surface area contributed by atoms with E-state index in [0.717, 1.165) is 6.07 Å². The van der Waals surface area contributed by atoms with Gasteiger partial charge in [0.15, 0.2) is 0 Å². The summed E-state index contributed by atoms with van der Waals surface area (Å²) in [4.78, 5) is 3.97. The Morgan fingerprint density at radius 3 is 2.73 bits per heavy atom. The average Bonchev–Trinajstić information content (AvgIpc) is 2.73. The molecule has 0 N–H and O–H groups in total. The number of imidazole rings is 1. The monoisotopic (exact) mass is 392 g/mol. The molecular weight excluding hydrogens is 385 g/mol. The largest absolute Gasteiger partial charge is 0.479 e. The van der Waals surface area contributed by atoms with Gasteiger partial charge in [-0.2, -0.15) is 8.78 Å². The van der Waals surface area contributed by atoms with Gasteiger partial charge in [0.2, 0.25) is 0 Å². The van der Waals surface area contributed by atoms with Crippen LogP contribution in [0.2, 0.25) is 5.02 Å². The van der Waals surface area contributed by atoms with E-state index in [1.54, 1.807) is 0 Å². The van der Waals surface area contributed by atoms with Crippen LogP contribution in [-0.2, 0) is 0 Å². The zero-order valence-corrected chi connectivity index (χ0v) is 13.6. The van der Waals surface area contributed by atoms with E-state index in [0.29, 0.717) is 4.57 Å². The first kappa shape index (κ1) is 16.7. The lowest BCUT2D eigenvalue weighted by atomic mass is 10.1. The van der Waals surface area contributed by atoms with Crippen molar-refractivity contribution in [2.75, 3.05) is 6.61 Å². The van der Waals surface area contributed by atoms with E-state index in [9.17, 15) is 13.2 Å². The quantitative estimate of drug-likeness (QED) is 0.696. The van der Waals surface area contributed by atoms with Crippen LogP contribution in [0.4, 0.5) is 13.2 Å². The second-order valence-corrected chi connectivity index (χ2v) is 5.36. The first-order chi connectivity index (χ1) is 10.4. The highest BCUT2D eigenvalue weighted by Crippen LogP contribution is 2.37. The highest BCUT2D eigenvalue weighted by molar-refractivity contribution is 9.10. The van der Waals surface area contributed by atoms with Gasteiger partial charge < -0.3 is 4.74 Å². The molecule has 1 aromatic carbocycles. The Bertz CT molecular complexity index is 756. The molecule has 0 radical (unpaired) electrons. The van der Waals surface area contributed by atoms with Gasteiger partial charge in [0, 0.05) is 5.56 Å². The van der Waals surface area contributed by atoms with Gasteiger partial charge in [-0.3, -0.25) is 4.57 Å². The van der Waals surface area contributed by atoms with Crippen LogP contribution in [0.1, 0.15) is 12.4 Å². The van der Waals surface area contributed by atoms with Crippen molar-refractivity contribution in [3.05, 3.63) is 33.4 Å². The molecule has 0 saturated heterocycles. The molecule has 0 atom stereocenters. The highest BCUT2D eigenvalue weighted by Gasteiger charge is 2.23. The molecule has 0 aliphatic rings. The SMILES string of the molecule is C#CCOc1cc(-c2nc(C)n(C(F)F)c2Br)c(F)cc1Cl. The Morgan fingerprint density at radius 2 is 2.18 bits per heavy atom. The fourth-order valence-corrected chi connectivity index (χ4v) is 2.78.